The Morgan fingerprint density at radius 2 is 1.78 bits per heavy atom. The molecule has 0 amide bonds. The molecule has 2 saturated carbocycles. The van der Waals surface area contributed by atoms with Crippen LogP contribution in [0.3, 0.4) is 0 Å². The van der Waals surface area contributed by atoms with E-state index in [1.54, 1.807) is 18.6 Å². The summed E-state index contributed by atoms with van der Waals surface area (Å²) in [5, 5.41) is 8.44. The molecule has 5 aliphatic rings. The van der Waals surface area contributed by atoms with Crippen LogP contribution in [-0.2, 0) is 0 Å². The van der Waals surface area contributed by atoms with Gasteiger partial charge in [0.1, 0.15) is 24.2 Å². The summed E-state index contributed by atoms with van der Waals surface area (Å²) in [5.74, 6) is 3.08. The molecule has 2 aliphatic carbocycles. The maximum atomic E-state index is 14.5. The number of hydrogen-bond acceptors (Lipinski definition) is 9. The van der Waals surface area contributed by atoms with Crippen LogP contribution in [0.1, 0.15) is 76.8 Å². The van der Waals surface area contributed by atoms with Crippen LogP contribution in [-0.4, -0.2) is 86.3 Å². The lowest BCUT2D eigenvalue weighted by Crippen LogP contribution is -2.65. The minimum Gasteiger partial charge on any atom is -0.434 e. The fraction of sp³-hybridized carbons (Fsp3) is 0.629. The van der Waals surface area contributed by atoms with Crippen molar-refractivity contribution in [1.29, 1.82) is 0 Å². The first kappa shape index (κ1) is 29.2. The summed E-state index contributed by atoms with van der Waals surface area (Å²) in [7, 11) is 0. The molecule has 1 atom stereocenters. The molecule has 1 spiro atoms. The number of nitrogens with zero attached hydrogens (tertiary/aromatic N) is 8. The highest BCUT2D eigenvalue weighted by molar-refractivity contribution is 5.73. The van der Waals surface area contributed by atoms with E-state index in [0.717, 1.165) is 68.7 Å². The van der Waals surface area contributed by atoms with E-state index in [-0.39, 0.29) is 11.2 Å². The molecule has 5 fully saturated rings. The predicted molar refractivity (Wildman–Crippen MR) is 171 cm³/mol. The molecule has 0 radical (unpaired) electrons. The van der Waals surface area contributed by atoms with E-state index in [1.165, 1.54) is 63.7 Å². The summed E-state index contributed by atoms with van der Waals surface area (Å²) < 4.78 is 21.0. The zero-order valence-corrected chi connectivity index (χ0v) is 26.6. The van der Waals surface area contributed by atoms with E-state index in [0.29, 0.717) is 40.9 Å². The number of benzene rings is 1. The van der Waals surface area contributed by atoms with Crippen LogP contribution in [0.25, 0.3) is 11.1 Å². The van der Waals surface area contributed by atoms with Gasteiger partial charge in [-0.1, -0.05) is 20.3 Å². The van der Waals surface area contributed by atoms with Crippen molar-refractivity contribution in [2.75, 3.05) is 44.2 Å². The second kappa shape index (κ2) is 11.8. The molecule has 5 heterocycles. The topological polar surface area (TPSA) is 83.4 Å². The summed E-state index contributed by atoms with van der Waals surface area (Å²) in [6.45, 7) is 11.6. The first-order valence-corrected chi connectivity index (χ1v) is 17.1. The Hall–Kier alpha value is -3.24. The fourth-order valence-corrected chi connectivity index (χ4v) is 8.83. The molecule has 2 aromatic heterocycles. The van der Waals surface area contributed by atoms with Crippen LogP contribution in [0.2, 0.25) is 0 Å². The van der Waals surface area contributed by atoms with Crippen LogP contribution in [0, 0.1) is 23.1 Å². The van der Waals surface area contributed by atoms with Gasteiger partial charge in [-0.15, -0.1) is 10.2 Å². The Labute approximate surface area is 265 Å². The van der Waals surface area contributed by atoms with E-state index < -0.39 is 0 Å². The molecule has 3 saturated heterocycles. The molecule has 10 heteroatoms. The summed E-state index contributed by atoms with van der Waals surface area (Å²) in [6.07, 6.45) is 15.0. The Morgan fingerprint density at radius 1 is 0.956 bits per heavy atom. The first-order valence-electron chi connectivity index (χ1n) is 17.1. The summed E-state index contributed by atoms with van der Waals surface area (Å²) >= 11 is 0. The number of rotatable bonds is 9. The average molecular weight is 613 g/mol. The lowest BCUT2D eigenvalue weighted by atomic mass is 9.68. The normalized spacial score (nSPS) is 25.7. The zero-order valence-electron chi connectivity index (χ0n) is 26.6. The molecule has 8 rings (SSSR count). The van der Waals surface area contributed by atoms with Gasteiger partial charge in [0.25, 0.3) is 5.88 Å². The molecule has 1 aromatic carbocycles. The van der Waals surface area contributed by atoms with Gasteiger partial charge in [0.2, 0.25) is 0 Å². The van der Waals surface area contributed by atoms with E-state index in [4.69, 9.17) is 4.74 Å². The minimum absolute atomic E-state index is 0.271. The van der Waals surface area contributed by atoms with Crippen molar-refractivity contribution in [3.63, 3.8) is 0 Å². The molecule has 238 valence electrons. The molecular formula is C35H45FN8O. The average Bonchev–Trinajstić information content (AvgIpc) is 3.77. The molecule has 1 unspecified atom stereocenters. The second-order valence-electron chi connectivity index (χ2n) is 14.7. The quantitative estimate of drug-likeness (QED) is 0.292. The van der Waals surface area contributed by atoms with E-state index in [1.807, 2.05) is 0 Å². The van der Waals surface area contributed by atoms with Gasteiger partial charge in [0, 0.05) is 66.9 Å². The SMILES string of the molecule is CC(C)C(C1CC(N2CCCCC2)C1)N1CC2(CCN(c3ncnnc3Oc3ccc(F)cc3-c3cncnc3C3CC3)C2)C1. The van der Waals surface area contributed by atoms with Gasteiger partial charge in [-0.05, 0) is 88.1 Å². The summed E-state index contributed by atoms with van der Waals surface area (Å²) in [6, 6.07) is 6.06. The van der Waals surface area contributed by atoms with Crippen LogP contribution >= 0.6 is 0 Å². The summed E-state index contributed by atoms with van der Waals surface area (Å²) in [5.41, 5.74) is 2.64. The molecule has 9 nitrogen and oxygen atoms in total. The summed E-state index contributed by atoms with van der Waals surface area (Å²) in [4.78, 5) is 21.3. The number of ether oxygens (including phenoxy) is 1. The maximum Gasteiger partial charge on any atom is 0.282 e. The Bertz CT molecular complexity index is 1510. The molecule has 45 heavy (non-hydrogen) atoms. The van der Waals surface area contributed by atoms with Crippen molar-refractivity contribution in [2.45, 2.75) is 83.2 Å². The number of halogens is 1. The largest absolute Gasteiger partial charge is 0.434 e. The Kier molecular flexibility index (Phi) is 7.68. The molecule has 0 N–H and O–H groups in total. The van der Waals surface area contributed by atoms with E-state index in [2.05, 4.69) is 53.7 Å². The first-order chi connectivity index (χ1) is 22.0. The van der Waals surface area contributed by atoms with Gasteiger partial charge in [-0.2, -0.15) is 0 Å². The Balaban J connectivity index is 0.955. The van der Waals surface area contributed by atoms with Gasteiger partial charge >= 0.3 is 0 Å². The third-order valence-electron chi connectivity index (χ3n) is 11.2. The lowest BCUT2D eigenvalue weighted by Gasteiger charge is -2.58. The second-order valence-corrected chi connectivity index (χ2v) is 14.7. The predicted octanol–water partition coefficient (Wildman–Crippen LogP) is 5.94. The number of piperidine rings is 1. The van der Waals surface area contributed by atoms with Crippen molar-refractivity contribution in [2.24, 2.45) is 17.3 Å². The highest BCUT2D eigenvalue weighted by atomic mass is 19.1. The van der Waals surface area contributed by atoms with Crippen LogP contribution in [0.15, 0.2) is 37.1 Å². The minimum atomic E-state index is -0.333. The van der Waals surface area contributed by atoms with E-state index in [9.17, 15) is 4.39 Å². The van der Waals surface area contributed by atoms with Crippen LogP contribution < -0.4 is 9.64 Å². The van der Waals surface area contributed by atoms with Crippen LogP contribution in [0.4, 0.5) is 10.2 Å². The third-order valence-corrected chi connectivity index (χ3v) is 11.2. The van der Waals surface area contributed by atoms with Crippen molar-refractivity contribution in [3.8, 4) is 22.8 Å². The van der Waals surface area contributed by atoms with Crippen molar-refractivity contribution < 1.29 is 9.13 Å². The van der Waals surface area contributed by atoms with Gasteiger partial charge in [-0.3, -0.25) is 4.90 Å². The van der Waals surface area contributed by atoms with Gasteiger partial charge in [-0.25, -0.2) is 19.3 Å². The van der Waals surface area contributed by atoms with Crippen molar-refractivity contribution in [1.82, 2.24) is 34.9 Å². The lowest BCUT2D eigenvalue weighted by molar-refractivity contribution is -0.0813. The van der Waals surface area contributed by atoms with E-state index >= 15 is 0 Å². The standard InChI is InChI=1S/C35H45FN8O/c1-23(2)32(25-14-27(15-25)42-11-4-3-5-12-42)44-19-35(20-44)10-13-43(18-35)33-34(41-40-22-39-33)45-30-9-8-26(36)16-28(30)29-17-37-21-38-31(29)24-6-7-24/h8-9,16-17,21-25,27,32H,3-7,10-15,18-20H2,1-2H3. The number of likely N-dealkylation sites (tertiary alicyclic amines) is 2. The molecule has 0 bridgehead atoms. The third kappa shape index (κ3) is 5.69. The molecular weight excluding hydrogens is 567 g/mol. The van der Waals surface area contributed by atoms with Crippen molar-refractivity contribution in [3.05, 3.63) is 48.6 Å². The Morgan fingerprint density at radius 3 is 2.56 bits per heavy atom. The molecule has 3 aliphatic heterocycles. The molecule has 3 aromatic rings. The fourth-order valence-electron chi connectivity index (χ4n) is 8.83. The highest BCUT2D eigenvalue weighted by Crippen LogP contribution is 2.49. The monoisotopic (exact) mass is 612 g/mol. The van der Waals surface area contributed by atoms with Gasteiger partial charge in [0.05, 0.1) is 5.69 Å². The number of hydrogen-bond donors (Lipinski definition) is 0. The van der Waals surface area contributed by atoms with Gasteiger partial charge < -0.3 is 14.5 Å². The van der Waals surface area contributed by atoms with Crippen LogP contribution in [0.5, 0.6) is 11.6 Å². The number of anilines is 1. The highest BCUT2D eigenvalue weighted by Gasteiger charge is 2.53. The zero-order chi connectivity index (χ0) is 30.5. The van der Waals surface area contributed by atoms with Gasteiger partial charge in [0.15, 0.2) is 5.82 Å². The maximum absolute atomic E-state index is 14.5. The smallest absolute Gasteiger partial charge is 0.282 e. The number of aromatic nitrogens is 5. The van der Waals surface area contributed by atoms with Crippen molar-refractivity contribution >= 4 is 5.82 Å².